The quantitative estimate of drug-likeness (QED) is 0.653. The first-order chi connectivity index (χ1) is 5.95. The van der Waals surface area contributed by atoms with Crippen LogP contribution in [0.2, 0.25) is 26.2 Å². The van der Waals surface area contributed by atoms with Gasteiger partial charge in [-0.3, -0.25) is 0 Å². The fourth-order valence-electron chi connectivity index (χ4n) is 0.909. The first kappa shape index (κ1) is 13.1. The molecular formula is C8H18O2Si3. The molecule has 0 rings (SSSR count). The summed E-state index contributed by atoms with van der Waals surface area (Å²) in [5.41, 5.74) is 3.63. The average molecular weight is 230 g/mol. The molecule has 0 saturated heterocycles. The second-order valence-corrected chi connectivity index (χ2v) is 10.7. The van der Waals surface area contributed by atoms with Gasteiger partial charge in [-0.2, -0.15) is 0 Å². The van der Waals surface area contributed by atoms with Crippen molar-refractivity contribution in [1.82, 2.24) is 0 Å². The Balaban J connectivity index is 4.49. The van der Waals surface area contributed by atoms with Crippen molar-refractivity contribution in [2.45, 2.75) is 26.2 Å². The maximum absolute atomic E-state index is 5.85. The molecule has 0 atom stereocenters. The van der Waals surface area contributed by atoms with Crippen LogP contribution in [0.1, 0.15) is 0 Å². The van der Waals surface area contributed by atoms with E-state index in [0.29, 0.717) is 0 Å². The average Bonchev–Trinajstić information content (AvgIpc) is 2.01. The third-order valence-electron chi connectivity index (χ3n) is 1.30. The first-order valence-corrected chi connectivity index (χ1v) is 11.0. The van der Waals surface area contributed by atoms with E-state index in [2.05, 4.69) is 39.3 Å². The lowest BCUT2D eigenvalue weighted by molar-refractivity contribution is 0.430. The minimum absolute atomic E-state index is 0.750. The smallest absolute Gasteiger partial charge is 0.370 e. The van der Waals surface area contributed by atoms with Crippen molar-refractivity contribution in [3.05, 3.63) is 24.6 Å². The summed E-state index contributed by atoms with van der Waals surface area (Å²) in [5.74, 6) is 0. The highest BCUT2D eigenvalue weighted by atomic mass is 28.5. The van der Waals surface area contributed by atoms with Crippen molar-refractivity contribution < 1.29 is 8.23 Å². The lowest BCUT2D eigenvalue weighted by Gasteiger charge is -2.28. The van der Waals surface area contributed by atoms with Gasteiger partial charge in [0.1, 0.15) is 0 Å². The van der Waals surface area contributed by atoms with Crippen LogP contribution < -0.4 is 0 Å². The number of hydrogen-bond donors (Lipinski definition) is 0. The van der Waals surface area contributed by atoms with Crippen molar-refractivity contribution >= 4 is 26.6 Å². The molecule has 0 bridgehead atoms. The van der Waals surface area contributed by atoms with Gasteiger partial charge in [0.15, 0.2) is 18.1 Å². The fraction of sp³-hybridized carbons (Fsp3) is 0.500. The summed E-state index contributed by atoms with van der Waals surface area (Å²) in [6, 6.07) is 0. The topological polar surface area (TPSA) is 18.5 Å². The van der Waals surface area contributed by atoms with Gasteiger partial charge in [-0.25, -0.2) is 0 Å². The van der Waals surface area contributed by atoms with E-state index in [4.69, 9.17) is 8.23 Å². The molecule has 0 unspecified atom stereocenters. The lowest BCUT2D eigenvalue weighted by Crippen LogP contribution is -2.45. The zero-order valence-corrected chi connectivity index (χ0v) is 11.9. The Hall–Kier alpha value is 0.0506. The maximum Gasteiger partial charge on any atom is 0.370 e. The second-order valence-electron chi connectivity index (χ2n) is 3.15. The zero-order valence-electron chi connectivity index (χ0n) is 8.89. The van der Waals surface area contributed by atoms with Crippen molar-refractivity contribution in [2.75, 3.05) is 0 Å². The van der Waals surface area contributed by atoms with Crippen molar-refractivity contribution in [2.24, 2.45) is 0 Å². The zero-order chi connectivity index (χ0) is 10.5. The summed E-state index contributed by atoms with van der Waals surface area (Å²) < 4.78 is 11.7. The Bertz CT molecular complexity index is 160. The predicted octanol–water partition coefficient (Wildman–Crippen LogP) is 2.41. The van der Waals surface area contributed by atoms with Crippen LogP contribution in [0.25, 0.3) is 0 Å². The minimum Gasteiger partial charge on any atom is -0.430 e. The molecule has 0 fully saturated rings. The molecule has 13 heavy (non-hydrogen) atoms. The Kier molecular flexibility index (Phi) is 5.73. The largest absolute Gasteiger partial charge is 0.430 e. The molecule has 0 spiro atoms. The fourth-order valence-corrected chi connectivity index (χ4v) is 8.06. The molecule has 2 radical (unpaired) electrons. The van der Waals surface area contributed by atoms with E-state index in [1.165, 1.54) is 0 Å². The van der Waals surface area contributed by atoms with Crippen LogP contribution in [0.15, 0.2) is 24.6 Å². The molecule has 5 heteroatoms. The van der Waals surface area contributed by atoms with E-state index in [0.717, 1.165) is 0 Å². The normalized spacial score (nSPS) is 12.2. The van der Waals surface area contributed by atoms with Gasteiger partial charge >= 0.3 is 8.56 Å². The molecule has 0 aliphatic heterocycles. The van der Waals surface area contributed by atoms with E-state index in [1.807, 2.05) is 11.4 Å². The van der Waals surface area contributed by atoms with Gasteiger partial charge in [0.25, 0.3) is 0 Å². The summed E-state index contributed by atoms with van der Waals surface area (Å²) in [6.45, 7) is 16.0. The summed E-state index contributed by atoms with van der Waals surface area (Å²) in [5, 5.41) is 0. The highest BCUT2D eigenvalue weighted by molar-refractivity contribution is 6.86. The van der Waals surface area contributed by atoms with Crippen LogP contribution in [0.4, 0.5) is 0 Å². The van der Waals surface area contributed by atoms with E-state index >= 15 is 0 Å². The van der Waals surface area contributed by atoms with E-state index in [9.17, 15) is 0 Å². The molecule has 0 aromatic heterocycles. The van der Waals surface area contributed by atoms with E-state index in [-0.39, 0.29) is 0 Å². The summed E-state index contributed by atoms with van der Waals surface area (Å²) >= 11 is 0. The van der Waals surface area contributed by atoms with Gasteiger partial charge in [0.05, 0.1) is 0 Å². The van der Waals surface area contributed by atoms with Gasteiger partial charge in [-0.1, -0.05) is 0 Å². The monoisotopic (exact) mass is 230 g/mol. The molecule has 0 aromatic rings. The number of rotatable bonds is 6. The third kappa shape index (κ3) is 4.73. The Morgan fingerprint density at radius 2 is 1.23 bits per heavy atom. The molecule has 2 nitrogen and oxygen atoms in total. The molecule has 0 amide bonds. The van der Waals surface area contributed by atoms with Crippen molar-refractivity contribution in [3.8, 4) is 0 Å². The first-order valence-electron chi connectivity index (χ1n) is 4.21. The molecule has 0 aromatic carbocycles. The highest BCUT2D eigenvalue weighted by Crippen LogP contribution is 2.13. The van der Waals surface area contributed by atoms with Crippen LogP contribution in [0.5, 0.6) is 0 Å². The van der Waals surface area contributed by atoms with Crippen LogP contribution in [0.3, 0.4) is 0 Å². The van der Waals surface area contributed by atoms with E-state index < -0.39 is 26.6 Å². The highest BCUT2D eigenvalue weighted by Gasteiger charge is 2.32. The van der Waals surface area contributed by atoms with Gasteiger partial charge in [0, 0.05) is 0 Å². The van der Waals surface area contributed by atoms with Crippen LogP contribution in [-0.2, 0) is 8.23 Å². The molecule has 74 valence electrons. The van der Waals surface area contributed by atoms with E-state index in [1.54, 1.807) is 0 Å². The molecule has 0 aliphatic carbocycles. The summed E-state index contributed by atoms with van der Waals surface area (Å²) in [6.07, 6.45) is 0. The lowest BCUT2D eigenvalue weighted by atomic mass is 11.2. The van der Waals surface area contributed by atoms with Gasteiger partial charge in [0.2, 0.25) is 0 Å². The maximum atomic E-state index is 5.85. The van der Waals surface area contributed by atoms with Crippen molar-refractivity contribution in [3.63, 3.8) is 0 Å². The minimum atomic E-state index is -2.25. The Labute approximate surface area is 86.0 Å². The SMILES string of the molecule is C=C[Si](C=C)(O[Si](C)C)O[Si](C)C. The van der Waals surface area contributed by atoms with Crippen LogP contribution in [-0.4, -0.2) is 26.6 Å². The van der Waals surface area contributed by atoms with Crippen molar-refractivity contribution in [1.29, 1.82) is 0 Å². The molecule has 0 heterocycles. The van der Waals surface area contributed by atoms with Gasteiger partial charge < -0.3 is 8.23 Å². The van der Waals surface area contributed by atoms with Gasteiger partial charge in [-0.15, -0.1) is 13.2 Å². The molecule has 0 N–H and O–H groups in total. The predicted molar refractivity (Wildman–Crippen MR) is 63.3 cm³/mol. The number of hydrogen-bond acceptors (Lipinski definition) is 2. The summed E-state index contributed by atoms with van der Waals surface area (Å²) in [4.78, 5) is 0. The standard InChI is InChI=1S/C8H18O2Si3/c1-7-13(8-2,9-11(3)4)10-12(5)6/h7-8H,1-2H2,3-6H3. The molecule has 0 saturated carbocycles. The molecule has 0 aliphatic rings. The Morgan fingerprint density at radius 1 is 0.923 bits per heavy atom. The molecular weight excluding hydrogens is 212 g/mol. The van der Waals surface area contributed by atoms with Crippen LogP contribution >= 0.6 is 0 Å². The third-order valence-corrected chi connectivity index (χ3v) is 8.25. The van der Waals surface area contributed by atoms with Crippen LogP contribution in [0, 0.1) is 0 Å². The Morgan fingerprint density at radius 3 is 1.38 bits per heavy atom. The summed E-state index contributed by atoms with van der Waals surface area (Å²) in [7, 11) is -3.75. The van der Waals surface area contributed by atoms with Gasteiger partial charge in [-0.05, 0) is 37.6 Å². The second kappa shape index (κ2) is 5.71.